The van der Waals surface area contributed by atoms with Crippen LogP contribution in [0.25, 0.3) is 0 Å². The number of hydrogen-bond donors (Lipinski definition) is 3. The minimum Gasteiger partial charge on any atom is -0.481 e. The average molecular weight is 376 g/mol. The van der Waals surface area contributed by atoms with Gasteiger partial charge in [-0.25, -0.2) is 4.79 Å². The zero-order valence-electron chi connectivity index (χ0n) is 15.4. The van der Waals surface area contributed by atoms with Crippen molar-refractivity contribution in [1.82, 2.24) is 10.2 Å². The number of nitrogens with zero attached hydrogens (tertiary/aromatic N) is 1. The molecule has 1 saturated heterocycles. The molecule has 1 saturated carbocycles. The van der Waals surface area contributed by atoms with E-state index < -0.39 is 12.1 Å². The Kier molecular flexibility index (Phi) is 6.68. The molecule has 1 aromatic rings. The standard InChI is InChI=1S/C20H28N2O5/c23-18(14-4-2-1-3-5-14)12-17-13-27-11-10-22(17)20(26)21-16-8-6-15(7-9-16)19(24)25/h1-5,15-18,23H,6-13H2,(H,21,26)(H,24,25). The lowest BCUT2D eigenvalue weighted by Gasteiger charge is -2.38. The highest BCUT2D eigenvalue weighted by Gasteiger charge is 2.32. The lowest BCUT2D eigenvalue weighted by molar-refractivity contribution is -0.142. The summed E-state index contributed by atoms with van der Waals surface area (Å²) in [4.78, 5) is 25.6. The summed E-state index contributed by atoms with van der Waals surface area (Å²) >= 11 is 0. The molecule has 1 aliphatic carbocycles. The highest BCUT2D eigenvalue weighted by molar-refractivity contribution is 5.75. The maximum atomic E-state index is 12.8. The van der Waals surface area contributed by atoms with Crippen LogP contribution in [0.5, 0.6) is 0 Å². The Morgan fingerprint density at radius 3 is 2.56 bits per heavy atom. The first kappa shape index (κ1) is 19.6. The number of urea groups is 1. The van der Waals surface area contributed by atoms with E-state index in [-0.39, 0.29) is 24.0 Å². The molecule has 0 bridgehead atoms. The summed E-state index contributed by atoms with van der Waals surface area (Å²) in [7, 11) is 0. The molecule has 0 spiro atoms. The highest BCUT2D eigenvalue weighted by atomic mass is 16.5. The normalized spacial score (nSPS) is 27.0. The van der Waals surface area contributed by atoms with Crippen molar-refractivity contribution in [3.8, 4) is 0 Å². The molecule has 7 nitrogen and oxygen atoms in total. The molecule has 1 heterocycles. The van der Waals surface area contributed by atoms with Gasteiger partial charge in [-0.15, -0.1) is 0 Å². The monoisotopic (exact) mass is 376 g/mol. The van der Waals surface area contributed by atoms with Crippen molar-refractivity contribution < 1.29 is 24.5 Å². The van der Waals surface area contributed by atoms with E-state index in [2.05, 4.69) is 5.32 Å². The number of ether oxygens (including phenoxy) is 1. The van der Waals surface area contributed by atoms with Crippen LogP contribution in [0.4, 0.5) is 4.79 Å². The Balaban J connectivity index is 1.55. The van der Waals surface area contributed by atoms with E-state index in [0.717, 1.165) is 5.56 Å². The number of aliphatic hydroxyl groups is 1. The van der Waals surface area contributed by atoms with Gasteiger partial charge in [0.25, 0.3) is 0 Å². The first-order valence-electron chi connectivity index (χ1n) is 9.65. The van der Waals surface area contributed by atoms with Crippen molar-refractivity contribution in [1.29, 1.82) is 0 Å². The van der Waals surface area contributed by atoms with Crippen molar-refractivity contribution in [3.05, 3.63) is 35.9 Å². The minimum absolute atomic E-state index is 0.00985. The molecular weight excluding hydrogens is 348 g/mol. The quantitative estimate of drug-likeness (QED) is 0.731. The van der Waals surface area contributed by atoms with Crippen molar-refractivity contribution >= 4 is 12.0 Å². The molecule has 0 radical (unpaired) electrons. The van der Waals surface area contributed by atoms with Crippen molar-refractivity contribution in [2.75, 3.05) is 19.8 Å². The van der Waals surface area contributed by atoms with Crippen LogP contribution in [0, 0.1) is 5.92 Å². The molecule has 2 atom stereocenters. The van der Waals surface area contributed by atoms with Gasteiger partial charge in [0.15, 0.2) is 0 Å². The number of hydrogen-bond acceptors (Lipinski definition) is 4. The molecule has 27 heavy (non-hydrogen) atoms. The number of rotatable bonds is 5. The van der Waals surface area contributed by atoms with E-state index in [1.165, 1.54) is 0 Å². The number of aliphatic hydroxyl groups excluding tert-OH is 1. The average Bonchev–Trinajstić information content (AvgIpc) is 2.69. The summed E-state index contributed by atoms with van der Waals surface area (Å²) in [6.45, 7) is 1.38. The second-order valence-corrected chi connectivity index (χ2v) is 7.42. The third kappa shape index (κ3) is 5.20. The molecule has 3 rings (SSSR count). The maximum absolute atomic E-state index is 12.8. The predicted molar refractivity (Wildman–Crippen MR) is 99.2 cm³/mol. The van der Waals surface area contributed by atoms with Crippen molar-refractivity contribution in [3.63, 3.8) is 0 Å². The molecular formula is C20H28N2O5. The first-order chi connectivity index (χ1) is 13.0. The van der Waals surface area contributed by atoms with Crippen LogP contribution in [0.3, 0.4) is 0 Å². The lowest BCUT2D eigenvalue weighted by Crippen LogP contribution is -2.55. The molecule has 1 aromatic carbocycles. The van der Waals surface area contributed by atoms with Crippen molar-refractivity contribution in [2.24, 2.45) is 5.92 Å². The number of nitrogens with one attached hydrogen (secondary N) is 1. The van der Waals surface area contributed by atoms with Crippen LogP contribution in [-0.2, 0) is 9.53 Å². The summed E-state index contributed by atoms with van der Waals surface area (Å²) in [6.07, 6.45) is 2.33. The maximum Gasteiger partial charge on any atom is 0.318 e. The van der Waals surface area contributed by atoms with Crippen LogP contribution in [0.15, 0.2) is 30.3 Å². The van der Waals surface area contributed by atoms with Gasteiger partial charge < -0.3 is 25.2 Å². The van der Waals surface area contributed by atoms with E-state index in [9.17, 15) is 14.7 Å². The molecule has 0 aromatic heterocycles. The van der Waals surface area contributed by atoms with Crippen LogP contribution in [0.2, 0.25) is 0 Å². The van der Waals surface area contributed by atoms with Gasteiger partial charge in [-0.1, -0.05) is 30.3 Å². The van der Waals surface area contributed by atoms with E-state index in [1.54, 1.807) is 4.90 Å². The largest absolute Gasteiger partial charge is 0.481 e. The van der Waals surface area contributed by atoms with Gasteiger partial charge in [0.1, 0.15) is 0 Å². The van der Waals surface area contributed by atoms with Gasteiger partial charge in [0.2, 0.25) is 0 Å². The minimum atomic E-state index is -0.747. The summed E-state index contributed by atoms with van der Waals surface area (Å²) < 4.78 is 5.53. The topological polar surface area (TPSA) is 99.1 Å². The van der Waals surface area contributed by atoms with E-state index >= 15 is 0 Å². The van der Waals surface area contributed by atoms with Gasteiger partial charge in [-0.3, -0.25) is 4.79 Å². The molecule has 2 fully saturated rings. The summed E-state index contributed by atoms with van der Waals surface area (Å²) in [5.74, 6) is -1.04. The van der Waals surface area contributed by atoms with E-state index in [1.807, 2.05) is 30.3 Å². The van der Waals surface area contributed by atoms with E-state index in [0.29, 0.717) is 51.9 Å². The number of carboxylic acids is 1. The molecule has 3 N–H and O–H groups in total. The number of amides is 2. The molecule has 2 unspecified atom stereocenters. The molecule has 148 valence electrons. The van der Waals surface area contributed by atoms with Gasteiger partial charge in [0, 0.05) is 19.0 Å². The van der Waals surface area contributed by atoms with Gasteiger partial charge in [0.05, 0.1) is 31.3 Å². The number of carboxylic acid groups (broad SMARTS) is 1. The highest BCUT2D eigenvalue weighted by Crippen LogP contribution is 2.26. The molecule has 7 heteroatoms. The zero-order valence-corrected chi connectivity index (χ0v) is 15.4. The Bertz CT molecular complexity index is 631. The Hall–Kier alpha value is -2.12. The zero-order chi connectivity index (χ0) is 19.2. The molecule has 1 aliphatic heterocycles. The second-order valence-electron chi connectivity index (χ2n) is 7.42. The van der Waals surface area contributed by atoms with Crippen LogP contribution in [-0.4, -0.2) is 59.0 Å². The summed E-state index contributed by atoms with van der Waals surface area (Å²) in [5.41, 5.74) is 0.829. The third-order valence-corrected chi connectivity index (χ3v) is 5.57. The first-order valence-corrected chi connectivity index (χ1v) is 9.65. The third-order valence-electron chi connectivity index (χ3n) is 5.57. The van der Waals surface area contributed by atoms with E-state index in [4.69, 9.17) is 9.84 Å². The van der Waals surface area contributed by atoms with Gasteiger partial charge in [-0.2, -0.15) is 0 Å². The second kappa shape index (κ2) is 9.19. The fourth-order valence-electron chi connectivity index (χ4n) is 3.93. The molecule has 2 amide bonds. The smallest absolute Gasteiger partial charge is 0.318 e. The lowest BCUT2D eigenvalue weighted by atomic mass is 9.86. The van der Waals surface area contributed by atoms with Gasteiger partial charge in [-0.05, 0) is 31.2 Å². The van der Waals surface area contributed by atoms with Gasteiger partial charge >= 0.3 is 12.0 Å². The van der Waals surface area contributed by atoms with Crippen LogP contribution in [0.1, 0.15) is 43.8 Å². The predicted octanol–water partition coefficient (Wildman–Crippen LogP) is 2.16. The Morgan fingerprint density at radius 2 is 1.89 bits per heavy atom. The number of benzene rings is 1. The Labute approximate surface area is 159 Å². The van der Waals surface area contributed by atoms with Crippen LogP contribution >= 0.6 is 0 Å². The van der Waals surface area contributed by atoms with Crippen molar-refractivity contribution in [2.45, 2.75) is 50.3 Å². The number of carbonyl (C=O) groups is 2. The van der Waals surface area contributed by atoms with Crippen LogP contribution < -0.4 is 5.32 Å². The fraction of sp³-hybridized carbons (Fsp3) is 0.600. The Morgan fingerprint density at radius 1 is 1.19 bits per heavy atom. The number of aliphatic carboxylic acids is 1. The summed E-state index contributed by atoms with van der Waals surface area (Å²) in [5, 5.41) is 22.6. The fourth-order valence-corrected chi connectivity index (χ4v) is 3.93. The number of morpholine rings is 1. The summed E-state index contributed by atoms with van der Waals surface area (Å²) in [6, 6.07) is 9.09. The molecule has 2 aliphatic rings. The SMILES string of the molecule is O=C(O)C1CCC(NC(=O)N2CCOCC2CC(O)c2ccccc2)CC1. The number of carbonyl (C=O) groups excluding carboxylic acids is 1.